The van der Waals surface area contributed by atoms with E-state index < -0.39 is 53.9 Å². The van der Waals surface area contributed by atoms with Gasteiger partial charge in [-0.1, -0.05) is 49.3 Å². The summed E-state index contributed by atoms with van der Waals surface area (Å²) in [5.74, 6) is -0.102. The summed E-state index contributed by atoms with van der Waals surface area (Å²) in [7, 11) is 1.38. The van der Waals surface area contributed by atoms with Crippen LogP contribution in [0.15, 0.2) is 60.7 Å². The van der Waals surface area contributed by atoms with Crippen molar-refractivity contribution in [2.45, 2.75) is 51.4 Å². The van der Waals surface area contributed by atoms with Gasteiger partial charge in [0.1, 0.15) is 0 Å². The number of nitrogens with zero attached hydrogens (tertiary/aromatic N) is 5. The molecule has 0 spiro atoms. The fraction of sp³-hybridized carbons (Fsp3) is 0.321. The molecule has 0 N–H and O–H groups in total. The third-order valence-corrected chi connectivity index (χ3v) is 6.46. The number of tetrazole rings is 1. The Labute approximate surface area is 234 Å². The quantitative estimate of drug-likeness (QED) is 0.200. The second kappa shape index (κ2) is 11.3. The van der Waals surface area contributed by atoms with Gasteiger partial charge in [-0.2, -0.15) is 44.3 Å². The van der Waals surface area contributed by atoms with Crippen LogP contribution in [0.3, 0.4) is 0 Å². The van der Waals surface area contributed by atoms with Gasteiger partial charge in [-0.25, -0.2) is 0 Å². The monoisotopic (exact) mass is 601 g/mol. The summed E-state index contributed by atoms with van der Waals surface area (Å²) in [5.41, 5.74) is -2.45. The van der Waals surface area contributed by atoms with Crippen molar-refractivity contribution in [1.82, 2.24) is 20.2 Å². The molecule has 3 aromatic carbocycles. The van der Waals surface area contributed by atoms with Crippen LogP contribution in [0.25, 0.3) is 11.1 Å². The number of hydrogen-bond donors (Lipinski definition) is 0. The molecule has 0 aliphatic rings. The van der Waals surface area contributed by atoms with E-state index in [1.807, 2.05) is 26.0 Å². The molecule has 14 heteroatoms. The third kappa shape index (κ3) is 7.21. The molecule has 0 atom stereocenters. The molecule has 224 valence electrons. The van der Waals surface area contributed by atoms with Gasteiger partial charge in [0.2, 0.25) is 0 Å². The molecule has 0 saturated carbocycles. The highest BCUT2D eigenvalue weighted by Crippen LogP contribution is 2.38. The van der Waals surface area contributed by atoms with E-state index in [0.29, 0.717) is 23.3 Å². The predicted octanol–water partition coefficient (Wildman–Crippen LogP) is 8.26. The number of halogens is 9. The van der Waals surface area contributed by atoms with Gasteiger partial charge < -0.3 is 4.90 Å². The largest absolute Gasteiger partial charge is 0.416 e. The Bertz CT molecular complexity index is 1520. The Hall–Kier alpha value is -4.10. The normalized spacial score (nSPS) is 12.7. The van der Waals surface area contributed by atoms with E-state index in [1.165, 1.54) is 18.0 Å². The summed E-state index contributed by atoms with van der Waals surface area (Å²) in [6, 6.07) is 11.3. The molecule has 0 aliphatic heterocycles. The van der Waals surface area contributed by atoms with Crippen LogP contribution in [0.5, 0.6) is 0 Å². The van der Waals surface area contributed by atoms with E-state index >= 15 is 0 Å². The predicted molar refractivity (Wildman–Crippen MR) is 136 cm³/mol. The summed E-state index contributed by atoms with van der Waals surface area (Å²) in [5, 5.41) is 11.5. The van der Waals surface area contributed by atoms with Crippen molar-refractivity contribution in [3.8, 4) is 11.1 Å². The summed E-state index contributed by atoms with van der Waals surface area (Å²) in [6.07, 6.45) is -14.9. The number of hydrogen-bond acceptors (Lipinski definition) is 4. The van der Waals surface area contributed by atoms with Crippen LogP contribution in [0.1, 0.15) is 53.1 Å². The van der Waals surface area contributed by atoms with Gasteiger partial charge in [-0.15, -0.1) is 5.10 Å². The number of rotatable bonds is 7. The van der Waals surface area contributed by atoms with Crippen molar-refractivity contribution in [1.29, 1.82) is 0 Å². The molecular formula is C28H24F9N5. The van der Waals surface area contributed by atoms with Gasteiger partial charge in [0, 0.05) is 13.1 Å². The Morgan fingerprint density at radius 1 is 0.738 bits per heavy atom. The second-order valence-electron chi connectivity index (χ2n) is 10.00. The van der Waals surface area contributed by atoms with E-state index in [2.05, 4.69) is 15.4 Å². The maximum absolute atomic E-state index is 13.7. The van der Waals surface area contributed by atoms with Gasteiger partial charge >= 0.3 is 18.5 Å². The fourth-order valence-electron chi connectivity index (χ4n) is 4.38. The molecule has 4 aromatic rings. The second-order valence-corrected chi connectivity index (χ2v) is 10.00. The molecular weight excluding hydrogens is 577 g/mol. The summed E-state index contributed by atoms with van der Waals surface area (Å²) < 4.78 is 122. The van der Waals surface area contributed by atoms with Crippen LogP contribution >= 0.6 is 0 Å². The number of anilines is 1. The molecule has 0 unspecified atom stereocenters. The Morgan fingerprint density at radius 2 is 1.36 bits per heavy atom. The Balaban J connectivity index is 1.85. The Morgan fingerprint density at radius 3 is 1.88 bits per heavy atom. The summed E-state index contributed by atoms with van der Waals surface area (Å²) >= 11 is 0. The van der Waals surface area contributed by atoms with Crippen molar-refractivity contribution in [2.75, 3.05) is 4.90 Å². The first-order valence-corrected chi connectivity index (χ1v) is 12.5. The molecule has 0 fully saturated rings. The van der Waals surface area contributed by atoms with E-state index in [1.54, 1.807) is 12.1 Å². The van der Waals surface area contributed by atoms with Crippen LogP contribution in [0.2, 0.25) is 0 Å². The molecule has 0 bridgehead atoms. The zero-order chi connectivity index (χ0) is 31.0. The molecule has 0 radical (unpaired) electrons. The number of aromatic nitrogens is 4. The van der Waals surface area contributed by atoms with E-state index in [-0.39, 0.29) is 23.5 Å². The van der Waals surface area contributed by atoms with Crippen molar-refractivity contribution < 1.29 is 39.5 Å². The molecule has 42 heavy (non-hydrogen) atoms. The lowest BCUT2D eigenvalue weighted by Crippen LogP contribution is -2.25. The fourth-order valence-corrected chi connectivity index (χ4v) is 4.38. The van der Waals surface area contributed by atoms with Crippen LogP contribution in [0.4, 0.5) is 45.5 Å². The number of benzene rings is 3. The van der Waals surface area contributed by atoms with Gasteiger partial charge in [0.05, 0.1) is 23.7 Å². The first-order chi connectivity index (χ1) is 19.4. The zero-order valence-corrected chi connectivity index (χ0v) is 22.4. The van der Waals surface area contributed by atoms with Crippen molar-refractivity contribution >= 4 is 5.95 Å². The lowest BCUT2D eigenvalue weighted by molar-refractivity contribution is -0.143. The van der Waals surface area contributed by atoms with Crippen LogP contribution in [-0.2, 0) is 38.7 Å². The minimum absolute atomic E-state index is 0.00103. The smallest absolute Gasteiger partial charge is 0.330 e. The average Bonchev–Trinajstić information content (AvgIpc) is 3.33. The highest BCUT2D eigenvalue weighted by Gasteiger charge is 2.37. The molecule has 0 aliphatic carbocycles. The molecule has 5 nitrogen and oxygen atoms in total. The van der Waals surface area contributed by atoms with Crippen LogP contribution in [0, 0.1) is 0 Å². The molecule has 0 amide bonds. The van der Waals surface area contributed by atoms with Crippen molar-refractivity contribution in [3.63, 3.8) is 0 Å². The van der Waals surface area contributed by atoms with Crippen molar-refractivity contribution in [2.24, 2.45) is 7.05 Å². The van der Waals surface area contributed by atoms with Gasteiger partial charge in [0.15, 0.2) is 0 Å². The van der Waals surface area contributed by atoms with E-state index in [9.17, 15) is 39.5 Å². The maximum Gasteiger partial charge on any atom is 0.416 e. The van der Waals surface area contributed by atoms with Gasteiger partial charge in [-0.3, -0.25) is 0 Å². The summed E-state index contributed by atoms with van der Waals surface area (Å²) in [4.78, 5) is 2.18. The minimum atomic E-state index is -5.08. The van der Waals surface area contributed by atoms with E-state index in [0.717, 1.165) is 22.5 Å². The third-order valence-electron chi connectivity index (χ3n) is 6.46. The van der Waals surface area contributed by atoms with Gasteiger partial charge in [0.25, 0.3) is 5.95 Å². The highest BCUT2D eigenvalue weighted by molar-refractivity contribution is 5.69. The number of aryl methyl sites for hydroxylation is 1. The summed E-state index contributed by atoms with van der Waals surface area (Å²) in [6.45, 7) is 2.89. The topological polar surface area (TPSA) is 46.8 Å². The Kier molecular flexibility index (Phi) is 8.29. The number of alkyl halides is 9. The highest BCUT2D eigenvalue weighted by atomic mass is 19.4. The van der Waals surface area contributed by atoms with E-state index in [4.69, 9.17) is 0 Å². The zero-order valence-electron chi connectivity index (χ0n) is 22.4. The SMILES string of the molecule is CC(C)c1cccc(-c2ccc(C(F)(F)F)cc2CN(Cc2cc(C(F)(F)F)cc(C(F)(F)F)c2)c2nnn(C)n2)c1. The minimum Gasteiger partial charge on any atom is -0.330 e. The van der Waals surface area contributed by atoms with Crippen LogP contribution < -0.4 is 4.90 Å². The lowest BCUT2D eigenvalue weighted by Gasteiger charge is -2.24. The standard InChI is InChI=1S/C28H24F9N5/c1-16(2)18-5-4-6-19(11-18)24-8-7-21(26(29,30)31)12-20(24)15-42(25-38-40-41(3)39-25)14-17-9-22(27(32,33)34)13-23(10-17)28(35,36)37/h4-13,16H,14-15H2,1-3H3. The van der Waals surface area contributed by atoms with Crippen LogP contribution in [-0.4, -0.2) is 20.2 Å². The average molecular weight is 602 g/mol. The van der Waals surface area contributed by atoms with Crippen molar-refractivity contribution in [3.05, 3.63) is 94.0 Å². The molecule has 0 saturated heterocycles. The molecule has 1 heterocycles. The molecule has 4 rings (SSSR count). The lowest BCUT2D eigenvalue weighted by atomic mass is 9.93. The maximum atomic E-state index is 13.7. The molecule has 1 aromatic heterocycles. The van der Waals surface area contributed by atoms with Gasteiger partial charge in [-0.05, 0) is 69.3 Å². The first-order valence-electron chi connectivity index (χ1n) is 12.5. The first kappa shape index (κ1) is 30.8.